The van der Waals surface area contributed by atoms with E-state index >= 15 is 0 Å². The first-order valence-corrected chi connectivity index (χ1v) is 10.1. The van der Waals surface area contributed by atoms with E-state index < -0.39 is 10.2 Å². The monoisotopic (exact) mass is 389 g/mol. The van der Waals surface area contributed by atoms with Crippen molar-refractivity contribution in [2.45, 2.75) is 33.7 Å². The third-order valence-corrected chi connectivity index (χ3v) is 4.96. The van der Waals surface area contributed by atoms with Gasteiger partial charge in [0.05, 0.1) is 12.0 Å². The Morgan fingerprint density at radius 3 is 2.41 bits per heavy atom. The Balaban J connectivity index is 2.17. The van der Waals surface area contributed by atoms with Gasteiger partial charge in [-0.3, -0.25) is 0 Å². The van der Waals surface area contributed by atoms with Crippen molar-refractivity contribution in [1.82, 2.24) is 19.5 Å². The lowest BCUT2D eigenvalue weighted by atomic mass is 10.0. The van der Waals surface area contributed by atoms with Crippen LogP contribution in [0.2, 0.25) is 0 Å². The van der Waals surface area contributed by atoms with Crippen molar-refractivity contribution in [1.29, 1.82) is 0 Å². The van der Waals surface area contributed by atoms with Gasteiger partial charge in [-0.25, -0.2) is 14.4 Å². The summed E-state index contributed by atoms with van der Waals surface area (Å²) in [4.78, 5) is 12.6. The van der Waals surface area contributed by atoms with E-state index in [1.807, 2.05) is 19.1 Å². The van der Waals surface area contributed by atoms with Gasteiger partial charge in [0, 0.05) is 6.54 Å². The number of benzene rings is 1. The van der Waals surface area contributed by atoms with Crippen LogP contribution in [0.25, 0.3) is 11.2 Å². The van der Waals surface area contributed by atoms with Crippen LogP contribution < -0.4 is 15.2 Å². The van der Waals surface area contributed by atoms with Crippen LogP contribution in [0.4, 0.5) is 17.5 Å². The summed E-state index contributed by atoms with van der Waals surface area (Å²) in [7, 11) is -4.17. The van der Waals surface area contributed by atoms with Crippen LogP contribution in [0.1, 0.15) is 26.3 Å². The van der Waals surface area contributed by atoms with Crippen molar-refractivity contribution in [2.24, 2.45) is 11.1 Å². The molecule has 3 rings (SSSR count). The maximum absolute atomic E-state index is 12.4. The van der Waals surface area contributed by atoms with Crippen molar-refractivity contribution >= 4 is 38.8 Å². The Bertz CT molecular complexity index is 1060. The molecule has 0 spiro atoms. The second-order valence-corrected chi connectivity index (χ2v) is 8.08. The summed E-state index contributed by atoms with van der Waals surface area (Å²) in [6, 6.07) is 7.14. The molecule has 4 N–H and O–H groups in total. The van der Waals surface area contributed by atoms with Crippen molar-refractivity contribution in [3.8, 4) is 0 Å². The molecule has 0 aliphatic carbocycles. The zero-order valence-corrected chi connectivity index (χ0v) is 16.3. The number of imidazole rings is 1. The second kappa shape index (κ2) is 7.12. The number of nitrogens with two attached hydrogens (primary N) is 2. The minimum Gasteiger partial charge on any atom is -0.368 e. The number of hydrogen-bond acceptors (Lipinski definition) is 6. The molecule has 3 aromatic rings. The molecule has 0 saturated heterocycles. The molecule has 0 bridgehead atoms. The van der Waals surface area contributed by atoms with E-state index in [0.29, 0.717) is 29.3 Å². The van der Waals surface area contributed by atoms with E-state index in [1.54, 1.807) is 23.0 Å². The zero-order chi connectivity index (χ0) is 19.8. The maximum Gasteiger partial charge on any atom is 0.304 e. The van der Waals surface area contributed by atoms with Crippen LogP contribution in [0.3, 0.4) is 0 Å². The molecule has 2 heterocycles. The number of nitrogen functional groups attached to an aromatic ring is 1. The number of aromatic nitrogens is 4. The number of hydrogen-bond donors (Lipinski definition) is 2. The Labute approximate surface area is 158 Å². The summed E-state index contributed by atoms with van der Waals surface area (Å²) in [5.74, 6) is 0.464. The Hall–Kier alpha value is -2.72. The summed E-state index contributed by atoms with van der Waals surface area (Å²) in [6.07, 6.45) is 2.45. The molecule has 0 fully saturated rings. The van der Waals surface area contributed by atoms with Crippen LogP contribution in [-0.2, 0) is 23.2 Å². The maximum atomic E-state index is 12.4. The number of aryl methyl sites for hydroxylation is 1. The average Bonchev–Trinajstić information content (AvgIpc) is 2.97. The van der Waals surface area contributed by atoms with Gasteiger partial charge in [-0.05, 0) is 37.0 Å². The van der Waals surface area contributed by atoms with Gasteiger partial charge in [0.1, 0.15) is 0 Å². The molecule has 9 nitrogen and oxygen atoms in total. The van der Waals surface area contributed by atoms with E-state index in [4.69, 9.17) is 10.9 Å². The molecule has 0 saturated carbocycles. The fraction of sp³-hybridized carbons (Fsp3) is 0.353. The lowest BCUT2D eigenvalue weighted by Crippen LogP contribution is -2.33. The summed E-state index contributed by atoms with van der Waals surface area (Å²) >= 11 is 0. The van der Waals surface area contributed by atoms with Crippen LogP contribution in [-0.4, -0.2) is 27.9 Å². The molecule has 10 heteroatoms. The van der Waals surface area contributed by atoms with Crippen molar-refractivity contribution in [2.75, 3.05) is 10.0 Å². The molecular weight excluding hydrogens is 366 g/mol. The predicted octanol–water partition coefficient (Wildman–Crippen LogP) is 1.97. The summed E-state index contributed by atoms with van der Waals surface area (Å²) in [6.45, 7) is 6.76. The third-order valence-electron chi connectivity index (χ3n) is 4.07. The lowest BCUT2D eigenvalue weighted by molar-refractivity contribution is 0.597. The smallest absolute Gasteiger partial charge is 0.304 e. The quantitative estimate of drug-likeness (QED) is 0.662. The SMILES string of the molecule is CCn1cnc2c(N(c3ccc(CC(C)C)cc3)S(N)(=O)=O)nc(N)nc21. The first-order valence-electron chi connectivity index (χ1n) is 8.61. The van der Waals surface area contributed by atoms with Gasteiger partial charge in [-0.15, -0.1) is 0 Å². The molecule has 1 aromatic carbocycles. The van der Waals surface area contributed by atoms with Gasteiger partial charge < -0.3 is 10.3 Å². The van der Waals surface area contributed by atoms with E-state index in [1.165, 1.54) is 0 Å². The molecular formula is C17H23N7O2S. The standard InChI is InChI=1S/C17H23N7O2S/c1-4-23-10-20-14-15(23)21-17(18)22-16(14)24(27(19,25)26)13-7-5-12(6-8-13)9-11(2)3/h5-8,10-11H,4,9H2,1-3H3,(H2,18,21,22)(H2,19,25,26). The Morgan fingerprint density at radius 1 is 1.19 bits per heavy atom. The Morgan fingerprint density at radius 2 is 1.85 bits per heavy atom. The van der Waals surface area contributed by atoms with E-state index in [0.717, 1.165) is 16.3 Å². The molecule has 0 amide bonds. The van der Waals surface area contributed by atoms with Gasteiger partial charge in [-0.2, -0.15) is 18.4 Å². The third kappa shape index (κ3) is 3.86. The van der Waals surface area contributed by atoms with Crippen LogP contribution in [0.15, 0.2) is 30.6 Å². The fourth-order valence-electron chi connectivity index (χ4n) is 2.95. The Kier molecular flexibility index (Phi) is 5.03. The van der Waals surface area contributed by atoms with Gasteiger partial charge in [0.15, 0.2) is 17.0 Å². The lowest BCUT2D eigenvalue weighted by Gasteiger charge is -2.21. The molecule has 0 atom stereocenters. The fourth-order valence-corrected chi connectivity index (χ4v) is 3.73. The van der Waals surface area contributed by atoms with Crippen molar-refractivity contribution in [3.05, 3.63) is 36.2 Å². The predicted molar refractivity (Wildman–Crippen MR) is 106 cm³/mol. The van der Waals surface area contributed by atoms with Gasteiger partial charge in [0.25, 0.3) is 0 Å². The van der Waals surface area contributed by atoms with Gasteiger partial charge in [0.2, 0.25) is 5.95 Å². The molecule has 0 aliphatic heterocycles. The zero-order valence-electron chi connectivity index (χ0n) is 15.5. The number of anilines is 3. The summed E-state index contributed by atoms with van der Waals surface area (Å²) < 4.78 is 27.5. The minimum absolute atomic E-state index is 0.0313. The highest BCUT2D eigenvalue weighted by Gasteiger charge is 2.27. The first kappa shape index (κ1) is 19.1. The summed E-state index contributed by atoms with van der Waals surface area (Å²) in [5.41, 5.74) is 8.04. The highest BCUT2D eigenvalue weighted by atomic mass is 32.2. The van der Waals surface area contributed by atoms with E-state index in [-0.39, 0.29) is 11.8 Å². The van der Waals surface area contributed by atoms with Crippen LogP contribution in [0.5, 0.6) is 0 Å². The molecule has 27 heavy (non-hydrogen) atoms. The number of rotatable bonds is 6. The van der Waals surface area contributed by atoms with Crippen molar-refractivity contribution < 1.29 is 8.42 Å². The highest BCUT2D eigenvalue weighted by Crippen LogP contribution is 2.32. The van der Waals surface area contributed by atoms with Crippen LogP contribution in [0, 0.1) is 5.92 Å². The number of fused-ring (bicyclic) bond motifs is 1. The topological polar surface area (TPSA) is 133 Å². The number of nitrogens with zero attached hydrogens (tertiary/aromatic N) is 5. The highest BCUT2D eigenvalue weighted by molar-refractivity contribution is 7.90. The molecule has 144 valence electrons. The van der Waals surface area contributed by atoms with Crippen LogP contribution >= 0.6 is 0 Å². The summed E-state index contributed by atoms with van der Waals surface area (Å²) in [5, 5.41) is 5.51. The van der Waals surface area contributed by atoms with Crippen molar-refractivity contribution in [3.63, 3.8) is 0 Å². The van der Waals surface area contributed by atoms with Gasteiger partial charge in [-0.1, -0.05) is 26.0 Å². The molecule has 2 aromatic heterocycles. The minimum atomic E-state index is -4.17. The second-order valence-electron chi connectivity index (χ2n) is 6.68. The average molecular weight is 389 g/mol. The molecule has 0 aliphatic rings. The largest absolute Gasteiger partial charge is 0.368 e. The normalized spacial score (nSPS) is 12.0. The van der Waals surface area contributed by atoms with E-state index in [9.17, 15) is 8.42 Å². The van der Waals surface area contributed by atoms with E-state index in [2.05, 4.69) is 28.8 Å². The molecule has 0 unspecified atom stereocenters. The molecule has 0 radical (unpaired) electrons. The first-order chi connectivity index (χ1) is 12.7. The van der Waals surface area contributed by atoms with Gasteiger partial charge >= 0.3 is 10.2 Å².